The van der Waals surface area contributed by atoms with Crippen LogP contribution < -0.4 is 0 Å². The van der Waals surface area contributed by atoms with Crippen molar-refractivity contribution >= 4 is 5.97 Å². The Morgan fingerprint density at radius 3 is 2.53 bits per heavy atom. The maximum atomic E-state index is 11.0. The van der Waals surface area contributed by atoms with Crippen LogP contribution in [0.25, 0.3) is 0 Å². The van der Waals surface area contributed by atoms with Crippen molar-refractivity contribution in [3.05, 3.63) is 0 Å². The Morgan fingerprint density at radius 2 is 1.93 bits per heavy atom. The molecule has 2 atom stereocenters. The largest absolute Gasteiger partial charge is 0.462 e. The van der Waals surface area contributed by atoms with Gasteiger partial charge in [0.25, 0.3) is 0 Å². The molecule has 2 aliphatic carbocycles. The number of carbonyl (C=O) groups excluding carboxylic acids is 1. The first-order chi connectivity index (χ1) is 7.12. The predicted molar refractivity (Wildman–Crippen MR) is 56.3 cm³/mol. The number of esters is 1. The molecule has 3 heteroatoms. The summed E-state index contributed by atoms with van der Waals surface area (Å²) in [5.41, 5.74) is -0.545. The van der Waals surface area contributed by atoms with Gasteiger partial charge in [-0.1, -0.05) is 12.8 Å². The fraction of sp³-hybridized carbons (Fsp3) is 0.917. The lowest BCUT2D eigenvalue weighted by Crippen LogP contribution is -2.40. The maximum absolute atomic E-state index is 11.0. The molecule has 2 fully saturated rings. The third-order valence-electron chi connectivity index (χ3n) is 3.93. The number of carbonyl (C=O) groups is 1. The van der Waals surface area contributed by atoms with E-state index in [1.54, 1.807) is 0 Å². The molecule has 3 nitrogen and oxygen atoms in total. The second kappa shape index (κ2) is 4.12. The highest BCUT2D eigenvalue weighted by Crippen LogP contribution is 2.44. The Balaban J connectivity index is 2.03. The van der Waals surface area contributed by atoms with E-state index >= 15 is 0 Å². The summed E-state index contributed by atoms with van der Waals surface area (Å²) in [4.78, 5) is 11.0. The van der Waals surface area contributed by atoms with Crippen LogP contribution in [0.1, 0.15) is 51.9 Å². The molecule has 86 valence electrons. The molecule has 0 aromatic heterocycles. The fourth-order valence-electron chi connectivity index (χ4n) is 3.25. The van der Waals surface area contributed by atoms with Crippen molar-refractivity contribution in [3.8, 4) is 0 Å². The van der Waals surface area contributed by atoms with E-state index in [-0.39, 0.29) is 18.0 Å². The van der Waals surface area contributed by atoms with Crippen LogP contribution in [0, 0.1) is 5.92 Å². The monoisotopic (exact) mass is 212 g/mol. The molecule has 2 rings (SSSR count). The Morgan fingerprint density at radius 1 is 1.27 bits per heavy atom. The Hall–Kier alpha value is -0.570. The molecule has 0 radical (unpaired) electrons. The molecule has 0 aliphatic heterocycles. The molecule has 2 aliphatic rings. The van der Waals surface area contributed by atoms with Crippen molar-refractivity contribution in [2.75, 3.05) is 0 Å². The summed E-state index contributed by atoms with van der Waals surface area (Å²) < 4.78 is 5.30. The highest BCUT2D eigenvalue weighted by Gasteiger charge is 2.46. The van der Waals surface area contributed by atoms with Gasteiger partial charge in [0.1, 0.15) is 6.10 Å². The number of hydrogen-bond donors (Lipinski definition) is 1. The predicted octanol–water partition coefficient (Wildman–Crippen LogP) is 2.02. The zero-order valence-corrected chi connectivity index (χ0v) is 9.37. The van der Waals surface area contributed by atoms with E-state index in [2.05, 4.69) is 0 Å². The van der Waals surface area contributed by atoms with Gasteiger partial charge in [0.05, 0.1) is 5.60 Å². The van der Waals surface area contributed by atoms with E-state index < -0.39 is 5.60 Å². The molecule has 1 N–H and O–H groups in total. The summed E-state index contributed by atoms with van der Waals surface area (Å²) in [6, 6.07) is 0. The number of hydrogen-bond acceptors (Lipinski definition) is 3. The summed E-state index contributed by atoms with van der Waals surface area (Å²) >= 11 is 0. The number of rotatable bonds is 2. The second-order valence-electron chi connectivity index (χ2n) is 5.00. The zero-order valence-electron chi connectivity index (χ0n) is 9.37. The molecule has 0 aromatic carbocycles. The van der Waals surface area contributed by atoms with Gasteiger partial charge in [0.15, 0.2) is 0 Å². The van der Waals surface area contributed by atoms with Crippen molar-refractivity contribution in [2.24, 2.45) is 5.92 Å². The van der Waals surface area contributed by atoms with E-state index in [0.29, 0.717) is 0 Å². The molecule has 0 aromatic rings. The molecule has 0 bridgehead atoms. The Labute approximate surface area is 90.8 Å². The molecule has 2 unspecified atom stereocenters. The van der Waals surface area contributed by atoms with Crippen LogP contribution in [0.3, 0.4) is 0 Å². The summed E-state index contributed by atoms with van der Waals surface area (Å²) in [5, 5.41) is 10.5. The van der Waals surface area contributed by atoms with Gasteiger partial charge >= 0.3 is 5.97 Å². The van der Waals surface area contributed by atoms with Crippen molar-refractivity contribution in [1.82, 2.24) is 0 Å². The number of ether oxygens (including phenoxy) is 1. The lowest BCUT2D eigenvalue weighted by atomic mass is 9.83. The second-order valence-corrected chi connectivity index (χ2v) is 5.00. The number of aliphatic hydroxyl groups is 1. The van der Waals surface area contributed by atoms with Gasteiger partial charge in [-0.25, -0.2) is 0 Å². The van der Waals surface area contributed by atoms with E-state index in [4.69, 9.17) is 4.74 Å². The lowest BCUT2D eigenvalue weighted by Gasteiger charge is -2.33. The van der Waals surface area contributed by atoms with E-state index in [1.165, 1.54) is 6.92 Å². The third kappa shape index (κ3) is 2.17. The van der Waals surface area contributed by atoms with Gasteiger partial charge in [-0.05, 0) is 32.1 Å². The molecule has 0 heterocycles. The van der Waals surface area contributed by atoms with Crippen molar-refractivity contribution in [3.63, 3.8) is 0 Å². The van der Waals surface area contributed by atoms with E-state index in [0.717, 1.165) is 44.9 Å². The van der Waals surface area contributed by atoms with Crippen LogP contribution in [0.15, 0.2) is 0 Å². The van der Waals surface area contributed by atoms with Crippen LogP contribution in [0.5, 0.6) is 0 Å². The lowest BCUT2D eigenvalue weighted by molar-refractivity contribution is -0.153. The van der Waals surface area contributed by atoms with Crippen LogP contribution in [-0.4, -0.2) is 22.8 Å². The topological polar surface area (TPSA) is 46.5 Å². The molecular weight excluding hydrogens is 192 g/mol. The Kier molecular flexibility index (Phi) is 3.01. The van der Waals surface area contributed by atoms with Crippen molar-refractivity contribution in [2.45, 2.75) is 63.6 Å². The summed E-state index contributed by atoms with van der Waals surface area (Å²) in [6.45, 7) is 1.45. The van der Waals surface area contributed by atoms with Gasteiger partial charge < -0.3 is 9.84 Å². The standard InChI is InChI=1S/C12H20O3/c1-9(13)15-11-6-4-5-10(11)12(14)7-2-3-8-12/h10-11,14H,2-8H2,1H3. The van der Waals surface area contributed by atoms with Crippen LogP contribution in [0.2, 0.25) is 0 Å². The van der Waals surface area contributed by atoms with Crippen molar-refractivity contribution in [1.29, 1.82) is 0 Å². The first kappa shape index (κ1) is 10.9. The average Bonchev–Trinajstić information content (AvgIpc) is 2.73. The Bertz CT molecular complexity index is 243. The third-order valence-corrected chi connectivity index (χ3v) is 3.93. The summed E-state index contributed by atoms with van der Waals surface area (Å²) in [5.74, 6) is -0.0302. The zero-order chi connectivity index (χ0) is 10.9. The molecular formula is C12H20O3. The molecule has 15 heavy (non-hydrogen) atoms. The maximum Gasteiger partial charge on any atom is 0.302 e. The first-order valence-electron chi connectivity index (χ1n) is 6.01. The van der Waals surface area contributed by atoms with Gasteiger partial charge in [0.2, 0.25) is 0 Å². The normalized spacial score (nSPS) is 34.3. The molecule has 0 amide bonds. The van der Waals surface area contributed by atoms with Crippen LogP contribution >= 0.6 is 0 Å². The van der Waals surface area contributed by atoms with Gasteiger partial charge in [-0.15, -0.1) is 0 Å². The van der Waals surface area contributed by atoms with Gasteiger partial charge in [-0.3, -0.25) is 4.79 Å². The smallest absolute Gasteiger partial charge is 0.302 e. The molecule has 0 spiro atoms. The van der Waals surface area contributed by atoms with Crippen molar-refractivity contribution < 1.29 is 14.6 Å². The average molecular weight is 212 g/mol. The molecule has 2 saturated carbocycles. The summed E-state index contributed by atoms with van der Waals surface area (Å²) in [7, 11) is 0. The fourth-order valence-corrected chi connectivity index (χ4v) is 3.25. The highest BCUT2D eigenvalue weighted by atomic mass is 16.5. The van der Waals surface area contributed by atoms with Gasteiger partial charge in [-0.2, -0.15) is 0 Å². The van der Waals surface area contributed by atoms with E-state index in [1.807, 2.05) is 0 Å². The van der Waals surface area contributed by atoms with Gasteiger partial charge in [0, 0.05) is 12.8 Å². The minimum atomic E-state index is -0.545. The SMILES string of the molecule is CC(=O)OC1CCCC1C1(O)CCCC1. The molecule has 0 saturated heterocycles. The minimum Gasteiger partial charge on any atom is -0.462 e. The summed E-state index contributed by atoms with van der Waals surface area (Å²) in [6.07, 6.45) is 6.96. The van der Waals surface area contributed by atoms with E-state index in [9.17, 15) is 9.90 Å². The van der Waals surface area contributed by atoms with Crippen LogP contribution in [0.4, 0.5) is 0 Å². The first-order valence-corrected chi connectivity index (χ1v) is 6.01. The van der Waals surface area contributed by atoms with Crippen LogP contribution in [-0.2, 0) is 9.53 Å². The quantitative estimate of drug-likeness (QED) is 0.712. The highest BCUT2D eigenvalue weighted by molar-refractivity contribution is 5.66. The minimum absolute atomic E-state index is 0.0365.